The molecule has 0 amide bonds. The van der Waals surface area contributed by atoms with Crippen LogP contribution < -0.4 is 4.74 Å². The normalized spacial score (nSPS) is 11.6. The molecule has 0 atom stereocenters. The number of aliphatic hydroxyl groups is 1. The van der Waals surface area contributed by atoms with E-state index in [9.17, 15) is 13.2 Å². The van der Waals surface area contributed by atoms with E-state index in [0.717, 1.165) is 0 Å². The van der Waals surface area contributed by atoms with Crippen LogP contribution in [0.3, 0.4) is 0 Å². The fourth-order valence-corrected chi connectivity index (χ4v) is 1.92. The highest BCUT2D eigenvalue weighted by atomic mass is 127. The number of alkyl halides is 4. The molecule has 1 aromatic rings. The second-order valence-electron chi connectivity index (χ2n) is 2.72. The Morgan fingerprint density at radius 1 is 1.50 bits per heavy atom. The van der Waals surface area contributed by atoms with Gasteiger partial charge < -0.3 is 9.84 Å². The summed E-state index contributed by atoms with van der Waals surface area (Å²) in [5.41, 5.74) is -0.0395. The smallest absolute Gasteiger partial charge is 0.403 e. The van der Waals surface area contributed by atoms with Crippen molar-refractivity contribution in [1.82, 2.24) is 4.98 Å². The Morgan fingerprint density at radius 3 is 2.56 bits per heavy atom. The van der Waals surface area contributed by atoms with Crippen LogP contribution in [0.5, 0.6) is 5.75 Å². The Balaban J connectivity index is 3.22. The SMILES string of the molecule is OCc1nc(I)cc(CCl)c1OC(F)(F)F. The van der Waals surface area contributed by atoms with Crippen molar-refractivity contribution in [2.24, 2.45) is 0 Å². The summed E-state index contributed by atoms with van der Waals surface area (Å²) in [4.78, 5) is 3.74. The van der Waals surface area contributed by atoms with Crippen molar-refractivity contribution in [3.8, 4) is 5.75 Å². The number of pyridine rings is 1. The summed E-state index contributed by atoms with van der Waals surface area (Å²) >= 11 is 7.32. The van der Waals surface area contributed by atoms with Crippen LogP contribution >= 0.6 is 34.2 Å². The van der Waals surface area contributed by atoms with Crippen molar-refractivity contribution in [3.63, 3.8) is 0 Å². The lowest BCUT2D eigenvalue weighted by atomic mass is 10.2. The van der Waals surface area contributed by atoms with Crippen LogP contribution in [0.25, 0.3) is 0 Å². The van der Waals surface area contributed by atoms with Crippen molar-refractivity contribution in [2.45, 2.75) is 18.8 Å². The molecule has 0 spiro atoms. The molecule has 0 aromatic carbocycles. The molecule has 0 aliphatic rings. The van der Waals surface area contributed by atoms with Crippen LogP contribution in [0.15, 0.2) is 6.07 Å². The number of halogens is 5. The van der Waals surface area contributed by atoms with E-state index in [1.807, 2.05) is 22.6 Å². The average Bonchev–Trinajstić information content (AvgIpc) is 2.18. The Labute approximate surface area is 108 Å². The third-order valence-electron chi connectivity index (χ3n) is 1.60. The molecule has 1 heterocycles. The van der Waals surface area contributed by atoms with Gasteiger partial charge in [0.1, 0.15) is 9.39 Å². The molecule has 0 saturated heterocycles. The Morgan fingerprint density at radius 2 is 2.12 bits per heavy atom. The standard InChI is InChI=1S/C8H6ClF3INO2/c9-2-4-1-6(13)14-5(3-15)7(4)16-8(10,11)12/h1,15H,2-3H2. The van der Waals surface area contributed by atoms with E-state index in [4.69, 9.17) is 16.7 Å². The van der Waals surface area contributed by atoms with Gasteiger partial charge in [0, 0.05) is 5.56 Å². The fraction of sp³-hybridized carbons (Fsp3) is 0.375. The van der Waals surface area contributed by atoms with Crippen LogP contribution in [0.2, 0.25) is 0 Å². The summed E-state index contributed by atoms with van der Waals surface area (Å²) in [7, 11) is 0. The van der Waals surface area contributed by atoms with E-state index in [2.05, 4.69) is 9.72 Å². The van der Waals surface area contributed by atoms with Crippen LogP contribution in [0.4, 0.5) is 13.2 Å². The monoisotopic (exact) mass is 367 g/mol. The molecule has 3 nitrogen and oxygen atoms in total. The maximum atomic E-state index is 12.1. The number of ether oxygens (including phenoxy) is 1. The van der Waals surface area contributed by atoms with E-state index in [1.165, 1.54) is 6.07 Å². The summed E-state index contributed by atoms with van der Waals surface area (Å²) in [6.45, 7) is -0.647. The molecular formula is C8H6ClF3INO2. The predicted molar refractivity (Wildman–Crippen MR) is 59.1 cm³/mol. The Hall–Kier alpha value is -0.280. The summed E-state index contributed by atoms with van der Waals surface area (Å²) in [5, 5.41) is 8.90. The van der Waals surface area contributed by atoms with Crippen molar-refractivity contribution < 1.29 is 23.0 Å². The van der Waals surface area contributed by atoms with Crippen LogP contribution in [-0.2, 0) is 12.5 Å². The third kappa shape index (κ3) is 3.63. The van der Waals surface area contributed by atoms with Crippen LogP contribution in [0, 0.1) is 3.70 Å². The minimum absolute atomic E-state index is 0.141. The van der Waals surface area contributed by atoms with Crippen molar-refractivity contribution in [2.75, 3.05) is 0 Å². The maximum Gasteiger partial charge on any atom is 0.573 e. The third-order valence-corrected chi connectivity index (χ3v) is 2.44. The van der Waals surface area contributed by atoms with Gasteiger partial charge >= 0.3 is 6.36 Å². The highest BCUT2D eigenvalue weighted by molar-refractivity contribution is 14.1. The molecule has 0 aliphatic heterocycles. The predicted octanol–water partition coefficient (Wildman–Crippen LogP) is 2.82. The zero-order valence-corrected chi connectivity index (χ0v) is 10.6. The summed E-state index contributed by atoms with van der Waals surface area (Å²) in [6.07, 6.45) is -4.83. The van der Waals surface area contributed by atoms with Gasteiger partial charge in [-0.15, -0.1) is 24.8 Å². The first-order chi connectivity index (χ1) is 7.37. The number of nitrogens with zero attached hydrogens (tertiary/aromatic N) is 1. The topological polar surface area (TPSA) is 42.4 Å². The van der Waals surface area contributed by atoms with Gasteiger partial charge in [-0.05, 0) is 28.7 Å². The van der Waals surface area contributed by atoms with Gasteiger partial charge in [0.25, 0.3) is 0 Å². The van der Waals surface area contributed by atoms with Gasteiger partial charge in [-0.25, -0.2) is 4.98 Å². The van der Waals surface area contributed by atoms with Crippen molar-refractivity contribution in [3.05, 3.63) is 21.0 Å². The number of hydrogen-bond acceptors (Lipinski definition) is 3. The lowest BCUT2D eigenvalue weighted by Crippen LogP contribution is -2.20. The molecule has 1 rings (SSSR count). The number of aliphatic hydroxyl groups excluding tert-OH is 1. The first-order valence-electron chi connectivity index (χ1n) is 3.98. The number of hydrogen-bond donors (Lipinski definition) is 1. The molecular weight excluding hydrogens is 361 g/mol. The van der Waals surface area contributed by atoms with Crippen molar-refractivity contribution in [1.29, 1.82) is 0 Å². The van der Waals surface area contributed by atoms with Crippen molar-refractivity contribution >= 4 is 34.2 Å². The summed E-state index contributed by atoms with van der Waals surface area (Å²) in [6, 6.07) is 1.37. The van der Waals surface area contributed by atoms with Gasteiger partial charge in [0.15, 0.2) is 5.75 Å². The Kier molecular flexibility index (Phi) is 4.62. The molecule has 16 heavy (non-hydrogen) atoms. The molecule has 1 aromatic heterocycles. The summed E-state index contributed by atoms with van der Waals surface area (Å²) in [5.74, 6) is -0.679. The van der Waals surface area contributed by atoms with E-state index in [-0.39, 0.29) is 17.1 Å². The van der Waals surface area contributed by atoms with Crippen LogP contribution in [-0.4, -0.2) is 16.5 Å². The molecule has 1 N–H and O–H groups in total. The van der Waals surface area contributed by atoms with Crippen LogP contribution in [0.1, 0.15) is 11.3 Å². The number of rotatable bonds is 3. The second-order valence-corrected chi connectivity index (χ2v) is 4.09. The highest BCUT2D eigenvalue weighted by Gasteiger charge is 2.33. The minimum atomic E-state index is -4.83. The average molecular weight is 367 g/mol. The van der Waals surface area contributed by atoms with Gasteiger partial charge in [-0.1, -0.05) is 0 Å². The molecule has 0 unspecified atom stereocenters. The molecule has 0 aliphatic carbocycles. The van der Waals surface area contributed by atoms with E-state index in [0.29, 0.717) is 3.70 Å². The molecule has 0 saturated carbocycles. The zero-order chi connectivity index (χ0) is 12.3. The first kappa shape index (κ1) is 13.8. The highest BCUT2D eigenvalue weighted by Crippen LogP contribution is 2.31. The zero-order valence-electron chi connectivity index (χ0n) is 7.68. The fourth-order valence-electron chi connectivity index (χ4n) is 1.05. The quantitative estimate of drug-likeness (QED) is 0.507. The van der Waals surface area contributed by atoms with Gasteiger partial charge in [0.05, 0.1) is 12.5 Å². The minimum Gasteiger partial charge on any atom is -0.403 e. The maximum absolute atomic E-state index is 12.1. The molecule has 90 valence electrons. The Bertz CT molecular complexity index is 361. The molecule has 0 radical (unpaired) electrons. The molecule has 8 heteroatoms. The lowest BCUT2D eigenvalue weighted by Gasteiger charge is -2.15. The lowest BCUT2D eigenvalue weighted by molar-refractivity contribution is -0.275. The second kappa shape index (κ2) is 5.37. The molecule has 0 bridgehead atoms. The van der Waals surface area contributed by atoms with E-state index >= 15 is 0 Å². The molecule has 0 fully saturated rings. The summed E-state index contributed by atoms with van der Waals surface area (Å²) < 4.78 is 40.5. The van der Waals surface area contributed by atoms with E-state index < -0.39 is 18.7 Å². The van der Waals surface area contributed by atoms with Gasteiger partial charge in [-0.3, -0.25) is 0 Å². The van der Waals surface area contributed by atoms with Gasteiger partial charge in [0.2, 0.25) is 0 Å². The largest absolute Gasteiger partial charge is 0.573 e. The first-order valence-corrected chi connectivity index (χ1v) is 5.59. The number of aromatic nitrogens is 1. The van der Waals surface area contributed by atoms with E-state index in [1.54, 1.807) is 0 Å². The van der Waals surface area contributed by atoms with Gasteiger partial charge in [-0.2, -0.15) is 0 Å².